The highest BCUT2D eigenvalue weighted by molar-refractivity contribution is 9.11. The molecule has 96 valence electrons. The maximum Gasteiger partial charge on any atom is 0.0704 e. The lowest BCUT2D eigenvalue weighted by atomic mass is 9.96. The third kappa shape index (κ3) is 2.80. The van der Waals surface area contributed by atoms with Gasteiger partial charge in [0.05, 0.1) is 9.83 Å². The zero-order valence-electron chi connectivity index (χ0n) is 10.6. The van der Waals surface area contributed by atoms with Crippen molar-refractivity contribution in [2.75, 3.05) is 7.05 Å². The summed E-state index contributed by atoms with van der Waals surface area (Å²) in [6.07, 6.45) is 0. The Bertz CT molecular complexity index is 565. The highest BCUT2D eigenvalue weighted by Gasteiger charge is 2.18. The average molecular weight is 345 g/mol. The first kappa shape index (κ1) is 14.1. The topological polar surface area (TPSA) is 12.0 Å². The van der Waals surface area contributed by atoms with Crippen LogP contribution in [0, 0.1) is 13.8 Å². The molecule has 0 aliphatic carbocycles. The molecule has 0 aliphatic heterocycles. The van der Waals surface area contributed by atoms with E-state index in [1.807, 2.05) is 19.2 Å². The number of thiophene rings is 1. The number of aryl methyl sites for hydroxylation is 2. The summed E-state index contributed by atoms with van der Waals surface area (Å²) in [7, 11) is 1.98. The fraction of sp³-hybridized carbons (Fsp3) is 0.286. The Kier molecular flexibility index (Phi) is 4.49. The molecule has 0 radical (unpaired) electrons. The van der Waals surface area contributed by atoms with E-state index in [0.717, 1.165) is 8.81 Å². The summed E-state index contributed by atoms with van der Waals surface area (Å²) < 4.78 is 1.16. The van der Waals surface area contributed by atoms with Crippen molar-refractivity contribution in [2.45, 2.75) is 19.9 Å². The van der Waals surface area contributed by atoms with Crippen LogP contribution in [0.25, 0.3) is 0 Å². The van der Waals surface area contributed by atoms with Crippen molar-refractivity contribution in [3.05, 3.63) is 54.6 Å². The zero-order chi connectivity index (χ0) is 13.3. The molecule has 0 fully saturated rings. The first-order chi connectivity index (χ1) is 8.52. The molecule has 0 amide bonds. The van der Waals surface area contributed by atoms with Gasteiger partial charge in [0.15, 0.2) is 0 Å². The number of nitrogens with one attached hydrogen (secondary N) is 1. The largest absolute Gasteiger partial charge is 0.309 e. The van der Waals surface area contributed by atoms with Crippen LogP contribution in [0.1, 0.15) is 27.6 Å². The van der Waals surface area contributed by atoms with Gasteiger partial charge in [0.25, 0.3) is 0 Å². The zero-order valence-corrected chi connectivity index (χ0v) is 13.7. The fourth-order valence-corrected chi connectivity index (χ4v) is 4.07. The van der Waals surface area contributed by atoms with Gasteiger partial charge >= 0.3 is 0 Å². The molecule has 1 atom stereocenters. The number of hydrogen-bond donors (Lipinski definition) is 1. The summed E-state index contributed by atoms with van der Waals surface area (Å²) in [6.45, 7) is 4.27. The minimum atomic E-state index is 0.186. The SMILES string of the molecule is CNC(c1cc(Cl)ccc1C)c1cc(Br)sc1C. The van der Waals surface area contributed by atoms with E-state index in [4.69, 9.17) is 11.6 Å². The van der Waals surface area contributed by atoms with E-state index in [2.05, 4.69) is 47.2 Å². The monoisotopic (exact) mass is 343 g/mol. The Labute approximate surface area is 125 Å². The van der Waals surface area contributed by atoms with Crippen LogP contribution in [0.2, 0.25) is 5.02 Å². The molecule has 18 heavy (non-hydrogen) atoms. The van der Waals surface area contributed by atoms with E-state index in [-0.39, 0.29) is 6.04 Å². The normalized spacial score (nSPS) is 12.7. The predicted molar refractivity (Wildman–Crippen MR) is 83.8 cm³/mol. The van der Waals surface area contributed by atoms with Crippen LogP contribution in [0.4, 0.5) is 0 Å². The number of halogens is 2. The van der Waals surface area contributed by atoms with Crippen LogP contribution in [0.15, 0.2) is 28.1 Å². The lowest BCUT2D eigenvalue weighted by molar-refractivity contribution is 0.686. The molecule has 1 nitrogen and oxygen atoms in total. The summed E-state index contributed by atoms with van der Waals surface area (Å²) in [6, 6.07) is 8.42. The molecular weight excluding hydrogens is 330 g/mol. The number of benzene rings is 1. The van der Waals surface area contributed by atoms with Crippen LogP contribution in [-0.2, 0) is 0 Å². The highest BCUT2D eigenvalue weighted by atomic mass is 79.9. The fourth-order valence-electron chi connectivity index (χ4n) is 2.15. The van der Waals surface area contributed by atoms with Gasteiger partial charge in [-0.15, -0.1) is 11.3 Å². The molecule has 0 aliphatic rings. The molecule has 1 unspecified atom stereocenters. The van der Waals surface area contributed by atoms with Crippen molar-refractivity contribution >= 4 is 38.9 Å². The Morgan fingerprint density at radius 1 is 1.22 bits per heavy atom. The minimum absolute atomic E-state index is 0.186. The van der Waals surface area contributed by atoms with Gasteiger partial charge in [0, 0.05) is 9.90 Å². The van der Waals surface area contributed by atoms with Crippen molar-refractivity contribution in [3.8, 4) is 0 Å². The molecule has 2 rings (SSSR count). The summed E-state index contributed by atoms with van der Waals surface area (Å²) in [5, 5.41) is 4.16. The lowest BCUT2D eigenvalue weighted by Crippen LogP contribution is -2.18. The number of rotatable bonds is 3. The van der Waals surface area contributed by atoms with Crippen LogP contribution in [0.5, 0.6) is 0 Å². The van der Waals surface area contributed by atoms with Gasteiger partial charge in [0.2, 0.25) is 0 Å². The molecule has 1 N–H and O–H groups in total. The molecule has 0 saturated heterocycles. The third-order valence-corrected chi connectivity index (χ3v) is 4.88. The first-order valence-corrected chi connectivity index (χ1v) is 7.71. The molecule has 1 aromatic carbocycles. The van der Waals surface area contributed by atoms with E-state index in [1.54, 1.807) is 11.3 Å². The van der Waals surface area contributed by atoms with Crippen molar-refractivity contribution in [2.24, 2.45) is 0 Å². The van der Waals surface area contributed by atoms with E-state index < -0.39 is 0 Å². The first-order valence-electron chi connectivity index (χ1n) is 5.72. The maximum atomic E-state index is 6.12. The Hall–Kier alpha value is -0.350. The minimum Gasteiger partial charge on any atom is -0.309 e. The van der Waals surface area contributed by atoms with E-state index in [9.17, 15) is 0 Å². The van der Waals surface area contributed by atoms with E-state index in [0.29, 0.717) is 0 Å². The molecule has 0 spiro atoms. The van der Waals surface area contributed by atoms with Crippen LogP contribution in [0.3, 0.4) is 0 Å². The maximum absolute atomic E-state index is 6.12. The highest BCUT2D eigenvalue weighted by Crippen LogP contribution is 2.35. The standard InChI is InChI=1S/C14H15BrClNS/c1-8-4-5-10(16)6-11(8)14(17-3)12-7-13(15)18-9(12)2/h4-7,14,17H,1-3H3. The average Bonchev–Trinajstić information content (AvgIpc) is 2.64. The molecule has 2 aromatic rings. The van der Waals surface area contributed by atoms with Crippen LogP contribution in [-0.4, -0.2) is 7.05 Å². The predicted octanol–water partition coefficient (Wildman–Crippen LogP) is 5.09. The van der Waals surface area contributed by atoms with Gasteiger partial charge in [-0.1, -0.05) is 17.7 Å². The van der Waals surface area contributed by atoms with Gasteiger partial charge in [-0.2, -0.15) is 0 Å². The lowest BCUT2D eigenvalue weighted by Gasteiger charge is -2.19. The third-order valence-electron chi connectivity index (χ3n) is 3.08. The summed E-state index contributed by atoms with van der Waals surface area (Å²) in [4.78, 5) is 1.32. The van der Waals surface area contributed by atoms with Crippen molar-refractivity contribution < 1.29 is 0 Å². The second kappa shape index (κ2) is 5.74. The van der Waals surface area contributed by atoms with Gasteiger partial charge in [0.1, 0.15) is 0 Å². The molecule has 4 heteroatoms. The molecule has 1 aromatic heterocycles. The van der Waals surface area contributed by atoms with E-state index >= 15 is 0 Å². The Morgan fingerprint density at radius 3 is 2.50 bits per heavy atom. The Morgan fingerprint density at radius 2 is 1.94 bits per heavy atom. The second-order valence-electron chi connectivity index (χ2n) is 4.28. The van der Waals surface area contributed by atoms with Gasteiger partial charge in [-0.3, -0.25) is 0 Å². The quantitative estimate of drug-likeness (QED) is 0.818. The van der Waals surface area contributed by atoms with Crippen LogP contribution < -0.4 is 5.32 Å². The van der Waals surface area contributed by atoms with Crippen molar-refractivity contribution in [3.63, 3.8) is 0 Å². The summed E-state index contributed by atoms with van der Waals surface area (Å²) >= 11 is 11.4. The molecule has 0 bridgehead atoms. The molecule has 0 saturated carbocycles. The number of hydrogen-bond acceptors (Lipinski definition) is 2. The van der Waals surface area contributed by atoms with Crippen LogP contribution >= 0.6 is 38.9 Å². The summed E-state index contributed by atoms with van der Waals surface area (Å²) in [5.41, 5.74) is 3.79. The van der Waals surface area contributed by atoms with Gasteiger partial charge in [-0.05, 0) is 71.7 Å². The summed E-state index contributed by atoms with van der Waals surface area (Å²) in [5.74, 6) is 0. The van der Waals surface area contributed by atoms with E-state index in [1.165, 1.54) is 21.6 Å². The van der Waals surface area contributed by atoms with Crippen molar-refractivity contribution in [1.29, 1.82) is 0 Å². The molecular formula is C14H15BrClNS. The smallest absolute Gasteiger partial charge is 0.0704 e. The molecule has 1 heterocycles. The van der Waals surface area contributed by atoms with Gasteiger partial charge < -0.3 is 5.32 Å². The second-order valence-corrected chi connectivity index (χ2v) is 7.36. The van der Waals surface area contributed by atoms with Crippen molar-refractivity contribution in [1.82, 2.24) is 5.32 Å². The Balaban J connectivity index is 2.51. The van der Waals surface area contributed by atoms with Gasteiger partial charge in [-0.25, -0.2) is 0 Å².